The van der Waals surface area contributed by atoms with Gasteiger partial charge in [-0.15, -0.1) is 0 Å². The fourth-order valence-corrected chi connectivity index (χ4v) is 2.87. The van der Waals surface area contributed by atoms with E-state index in [4.69, 9.17) is 0 Å². The zero-order chi connectivity index (χ0) is 18.2. The number of carbonyl (C=O) groups excluding carboxylic acids is 1. The monoisotopic (exact) mass is 448 g/mol. The van der Waals surface area contributed by atoms with Crippen LogP contribution in [0.25, 0.3) is 6.08 Å². The molecular weight excluding hydrogens is 431 g/mol. The van der Waals surface area contributed by atoms with Crippen LogP contribution in [-0.2, 0) is 11.2 Å². The van der Waals surface area contributed by atoms with Crippen molar-refractivity contribution in [3.8, 4) is 17.6 Å². The third kappa shape index (κ3) is 5.50. The fourth-order valence-electron chi connectivity index (χ4n) is 2.24. The van der Waals surface area contributed by atoms with E-state index in [0.717, 1.165) is 12.8 Å². The summed E-state index contributed by atoms with van der Waals surface area (Å²) in [5, 5.41) is 31.1. The summed E-state index contributed by atoms with van der Waals surface area (Å²) in [6, 6.07) is 14.7. The van der Waals surface area contributed by atoms with Gasteiger partial charge in [0.25, 0.3) is 5.91 Å². The van der Waals surface area contributed by atoms with Crippen LogP contribution in [0, 0.1) is 14.9 Å². The van der Waals surface area contributed by atoms with Crippen LogP contribution in [0.2, 0.25) is 0 Å². The number of amides is 1. The van der Waals surface area contributed by atoms with E-state index in [1.807, 2.05) is 59.0 Å². The number of nitriles is 1. The highest BCUT2D eigenvalue weighted by molar-refractivity contribution is 14.1. The third-order valence-electron chi connectivity index (χ3n) is 3.51. The molecule has 0 heterocycles. The number of hydrogen-bond acceptors (Lipinski definition) is 4. The molecule has 0 atom stereocenters. The predicted molar refractivity (Wildman–Crippen MR) is 104 cm³/mol. The molecular formula is C19H17IN2O3. The molecule has 0 aliphatic carbocycles. The van der Waals surface area contributed by atoms with Crippen LogP contribution < -0.4 is 5.32 Å². The normalized spacial score (nSPS) is 11.0. The Morgan fingerprint density at radius 2 is 1.96 bits per heavy atom. The van der Waals surface area contributed by atoms with Gasteiger partial charge in [-0.05, 0) is 64.8 Å². The molecule has 0 aliphatic rings. The quantitative estimate of drug-likeness (QED) is 0.208. The minimum absolute atomic E-state index is 0.0550. The first-order chi connectivity index (χ1) is 12.0. The average Bonchev–Trinajstić information content (AvgIpc) is 2.61. The number of phenolic OH excluding ortho intramolecular Hbond substituents is 2. The van der Waals surface area contributed by atoms with Gasteiger partial charge in [0.2, 0.25) is 0 Å². The summed E-state index contributed by atoms with van der Waals surface area (Å²) in [6.45, 7) is 0.463. The molecule has 0 bridgehead atoms. The SMILES string of the molecule is N#CC(=Cc1cc(O)c(O)c(I)c1)C(=O)NCCCc1ccccc1. The smallest absolute Gasteiger partial charge is 0.261 e. The molecule has 2 rings (SSSR count). The molecule has 0 radical (unpaired) electrons. The molecule has 5 nitrogen and oxygen atoms in total. The van der Waals surface area contributed by atoms with Crippen molar-refractivity contribution in [1.82, 2.24) is 5.32 Å². The molecule has 128 valence electrons. The van der Waals surface area contributed by atoms with Gasteiger partial charge < -0.3 is 15.5 Å². The number of benzene rings is 2. The summed E-state index contributed by atoms with van der Waals surface area (Å²) < 4.78 is 0.435. The summed E-state index contributed by atoms with van der Waals surface area (Å²) in [7, 11) is 0. The maximum absolute atomic E-state index is 12.1. The van der Waals surface area contributed by atoms with Crippen molar-refractivity contribution in [2.24, 2.45) is 0 Å². The minimum Gasteiger partial charge on any atom is -0.504 e. The first kappa shape index (κ1) is 18.8. The Bertz CT molecular complexity index is 803. The van der Waals surface area contributed by atoms with E-state index in [2.05, 4.69) is 5.32 Å². The zero-order valence-electron chi connectivity index (χ0n) is 13.4. The van der Waals surface area contributed by atoms with Crippen LogP contribution in [0.5, 0.6) is 11.5 Å². The number of aromatic hydroxyl groups is 2. The van der Waals surface area contributed by atoms with Gasteiger partial charge in [-0.1, -0.05) is 30.3 Å². The molecule has 0 aliphatic heterocycles. The maximum atomic E-state index is 12.1. The van der Waals surface area contributed by atoms with Crippen LogP contribution in [0.1, 0.15) is 17.5 Å². The molecule has 0 saturated heterocycles. The van der Waals surface area contributed by atoms with Crippen molar-refractivity contribution in [1.29, 1.82) is 5.26 Å². The zero-order valence-corrected chi connectivity index (χ0v) is 15.5. The number of carbonyl (C=O) groups is 1. The van der Waals surface area contributed by atoms with E-state index in [1.54, 1.807) is 6.07 Å². The van der Waals surface area contributed by atoms with Gasteiger partial charge in [-0.2, -0.15) is 5.26 Å². The Morgan fingerprint density at radius 3 is 2.60 bits per heavy atom. The number of rotatable bonds is 6. The minimum atomic E-state index is -0.460. The second-order valence-corrected chi connectivity index (χ2v) is 6.55. The van der Waals surface area contributed by atoms with E-state index in [-0.39, 0.29) is 17.1 Å². The Hall–Kier alpha value is -2.53. The Kier molecular flexibility index (Phi) is 6.83. The molecule has 0 aromatic heterocycles. The van der Waals surface area contributed by atoms with Crippen LogP contribution in [-0.4, -0.2) is 22.7 Å². The Balaban J connectivity index is 1.95. The van der Waals surface area contributed by atoms with Crippen LogP contribution in [0.4, 0.5) is 0 Å². The molecule has 0 fully saturated rings. The number of nitrogens with zero attached hydrogens (tertiary/aromatic N) is 1. The maximum Gasteiger partial charge on any atom is 0.261 e. The van der Waals surface area contributed by atoms with Crippen LogP contribution >= 0.6 is 22.6 Å². The standard InChI is InChI=1S/C19H17IN2O3/c20-16-10-14(11-17(23)18(16)24)9-15(12-21)19(25)22-8-4-7-13-5-2-1-3-6-13/h1-3,5-6,9-11,23-24H,4,7-8H2,(H,22,25). The fraction of sp³-hybridized carbons (Fsp3) is 0.158. The number of halogens is 1. The average molecular weight is 448 g/mol. The number of nitrogens with one attached hydrogen (secondary N) is 1. The highest BCUT2D eigenvalue weighted by Gasteiger charge is 2.11. The van der Waals surface area contributed by atoms with Crippen LogP contribution in [0.15, 0.2) is 48.0 Å². The van der Waals surface area contributed by atoms with Crippen molar-refractivity contribution in [2.45, 2.75) is 12.8 Å². The molecule has 0 saturated carbocycles. The highest BCUT2D eigenvalue weighted by Crippen LogP contribution is 2.32. The van der Waals surface area contributed by atoms with Gasteiger partial charge in [-0.3, -0.25) is 4.79 Å². The van der Waals surface area contributed by atoms with E-state index in [1.165, 1.54) is 17.7 Å². The largest absolute Gasteiger partial charge is 0.504 e. The summed E-state index contributed by atoms with van der Waals surface area (Å²) in [6.07, 6.45) is 3.00. The van der Waals surface area contributed by atoms with Crippen molar-refractivity contribution in [3.63, 3.8) is 0 Å². The van der Waals surface area contributed by atoms with Crippen molar-refractivity contribution < 1.29 is 15.0 Å². The third-order valence-corrected chi connectivity index (χ3v) is 4.33. The highest BCUT2D eigenvalue weighted by atomic mass is 127. The van der Waals surface area contributed by atoms with Gasteiger partial charge in [0.05, 0.1) is 3.57 Å². The van der Waals surface area contributed by atoms with E-state index >= 15 is 0 Å². The summed E-state index contributed by atoms with van der Waals surface area (Å²) in [5.41, 5.74) is 1.61. The summed E-state index contributed by atoms with van der Waals surface area (Å²) in [5.74, 6) is -0.974. The molecule has 0 unspecified atom stereocenters. The first-order valence-corrected chi connectivity index (χ1v) is 8.74. The number of hydrogen-bond donors (Lipinski definition) is 3. The van der Waals surface area contributed by atoms with Crippen molar-refractivity contribution in [3.05, 3.63) is 62.7 Å². The van der Waals surface area contributed by atoms with E-state index in [9.17, 15) is 20.3 Å². The van der Waals surface area contributed by atoms with Gasteiger partial charge in [0, 0.05) is 6.54 Å². The molecule has 25 heavy (non-hydrogen) atoms. The van der Waals surface area contributed by atoms with Gasteiger partial charge in [0.1, 0.15) is 11.6 Å². The lowest BCUT2D eigenvalue weighted by Crippen LogP contribution is -2.25. The molecule has 0 spiro atoms. The first-order valence-electron chi connectivity index (χ1n) is 7.66. The van der Waals surface area contributed by atoms with E-state index in [0.29, 0.717) is 15.7 Å². The predicted octanol–water partition coefficient (Wildman–Crippen LogP) is 3.36. The molecule has 3 N–H and O–H groups in total. The summed E-state index contributed by atoms with van der Waals surface area (Å²) in [4.78, 5) is 12.1. The summed E-state index contributed by atoms with van der Waals surface area (Å²) >= 11 is 1.86. The second kappa shape index (κ2) is 9.08. The molecule has 6 heteroatoms. The van der Waals surface area contributed by atoms with Crippen molar-refractivity contribution in [2.75, 3.05) is 6.54 Å². The topological polar surface area (TPSA) is 93.3 Å². The number of phenols is 2. The Labute approximate surface area is 159 Å². The lowest BCUT2D eigenvalue weighted by molar-refractivity contribution is -0.117. The van der Waals surface area contributed by atoms with Gasteiger partial charge in [0.15, 0.2) is 11.5 Å². The second-order valence-electron chi connectivity index (χ2n) is 5.39. The van der Waals surface area contributed by atoms with Crippen LogP contribution in [0.3, 0.4) is 0 Å². The lowest BCUT2D eigenvalue weighted by atomic mass is 10.1. The van der Waals surface area contributed by atoms with E-state index < -0.39 is 5.91 Å². The lowest BCUT2D eigenvalue weighted by Gasteiger charge is -2.06. The van der Waals surface area contributed by atoms with Gasteiger partial charge >= 0.3 is 0 Å². The Morgan fingerprint density at radius 1 is 1.24 bits per heavy atom. The van der Waals surface area contributed by atoms with Crippen molar-refractivity contribution >= 4 is 34.6 Å². The van der Waals surface area contributed by atoms with Gasteiger partial charge in [-0.25, -0.2) is 0 Å². The molecule has 2 aromatic rings. The molecule has 2 aromatic carbocycles. The number of aryl methyl sites for hydroxylation is 1. The molecule has 1 amide bonds.